The second-order valence-electron chi connectivity index (χ2n) is 2.47. The van der Waals surface area contributed by atoms with Crippen LogP contribution in [0.2, 0.25) is 0 Å². The van der Waals surface area contributed by atoms with Crippen molar-refractivity contribution in [3.63, 3.8) is 0 Å². The van der Waals surface area contributed by atoms with Gasteiger partial charge in [-0.15, -0.1) is 0 Å². The summed E-state index contributed by atoms with van der Waals surface area (Å²) in [6.07, 6.45) is 1.95. The summed E-state index contributed by atoms with van der Waals surface area (Å²) in [4.78, 5) is 0. The van der Waals surface area contributed by atoms with E-state index >= 15 is 0 Å². The third-order valence-corrected chi connectivity index (χ3v) is 1.25. The predicted octanol–water partition coefficient (Wildman–Crippen LogP) is 0.353. The lowest BCUT2D eigenvalue weighted by molar-refractivity contribution is 0.146. The molecule has 0 aromatic rings. The van der Waals surface area contributed by atoms with Crippen LogP contribution in [0.3, 0.4) is 0 Å². The molecule has 0 aliphatic rings. The van der Waals surface area contributed by atoms with E-state index in [2.05, 4.69) is 0 Å². The molecule has 0 unspecified atom stereocenters. The van der Waals surface area contributed by atoms with Gasteiger partial charge in [0.15, 0.2) is 0 Å². The van der Waals surface area contributed by atoms with Gasteiger partial charge in [0.2, 0.25) is 0 Å². The van der Waals surface area contributed by atoms with Gasteiger partial charge in [-0.1, -0.05) is 0 Å². The van der Waals surface area contributed by atoms with E-state index in [0.717, 1.165) is 45.8 Å². The number of methoxy groups -OCH3 is 1. The average Bonchev–Trinajstić information content (AvgIpc) is 2.17. The highest BCUT2D eigenvalue weighted by molar-refractivity contribution is 4.32. The number of rotatable bonds is 7. The third kappa shape index (κ3) is 24.5. The summed E-state index contributed by atoms with van der Waals surface area (Å²) in [5, 5.41) is 0. The van der Waals surface area contributed by atoms with Gasteiger partial charge < -0.3 is 20.9 Å². The maximum atomic E-state index is 5.19. The van der Waals surface area contributed by atoms with Crippen LogP contribution in [0.25, 0.3) is 0 Å². The molecule has 0 aliphatic carbocycles. The monoisotopic (exact) mass is 192 g/mol. The summed E-state index contributed by atoms with van der Waals surface area (Å²) in [6, 6.07) is 0. The lowest BCUT2D eigenvalue weighted by atomic mass is 10.5. The molecule has 0 saturated carbocycles. The second kappa shape index (κ2) is 17.8. The van der Waals surface area contributed by atoms with Gasteiger partial charge in [-0.2, -0.15) is 0 Å². The first-order valence-electron chi connectivity index (χ1n) is 4.80. The van der Waals surface area contributed by atoms with Crippen molar-refractivity contribution in [2.24, 2.45) is 11.5 Å². The second-order valence-corrected chi connectivity index (χ2v) is 2.47. The Morgan fingerprint density at radius 1 is 1.00 bits per heavy atom. The highest BCUT2D eigenvalue weighted by Gasteiger charge is 1.78. The molecule has 0 saturated heterocycles. The van der Waals surface area contributed by atoms with Crippen molar-refractivity contribution in [1.29, 1.82) is 0 Å². The molecule has 13 heavy (non-hydrogen) atoms. The van der Waals surface area contributed by atoms with Crippen LogP contribution in [0.15, 0.2) is 0 Å². The Balaban J connectivity index is 0. The fourth-order valence-electron chi connectivity index (χ4n) is 0.557. The van der Waals surface area contributed by atoms with Gasteiger partial charge in [0.25, 0.3) is 0 Å². The van der Waals surface area contributed by atoms with Crippen molar-refractivity contribution in [2.45, 2.75) is 19.8 Å². The third-order valence-electron chi connectivity index (χ3n) is 1.25. The maximum Gasteiger partial charge on any atom is 0.0477 e. The Hall–Kier alpha value is -0.160. The van der Waals surface area contributed by atoms with Gasteiger partial charge in [0.05, 0.1) is 0 Å². The van der Waals surface area contributed by atoms with Crippen LogP contribution in [-0.4, -0.2) is 40.0 Å². The van der Waals surface area contributed by atoms with Crippen molar-refractivity contribution in [3.8, 4) is 0 Å². The zero-order valence-electron chi connectivity index (χ0n) is 8.92. The molecule has 4 heteroatoms. The minimum absolute atomic E-state index is 0.730. The van der Waals surface area contributed by atoms with Gasteiger partial charge in [-0.3, -0.25) is 0 Å². The first-order valence-corrected chi connectivity index (χ1v) is 4.80. The molecule has 4 nitrogen and oxygen atoms in total. The van der Waals surface area contributed by atoms with E-state index < -0.39 is 0 Å². The Bertz CT molecular complexity index is 64.6. The minimum atomic E-state index is 0.730. The smallest absolute Gasteiger partial charge is 0.0477 e. The standard InChI is InChI=1S/C5H13NO.C4H11NO/c1-2-7-5-3-4-6;1-6-4-2-3-5/h2-6H2,1H3;2-5H2,1H3. The number of hydrogen-bond donors (Lipinski definition) is 2. The first kappa shape index (κ1) is 15.3. The van der Waals surface area contributed by atoms with E-state index in [1.165, 1.54) is 0 Å². The molecule has 0 aromatic heterocycles. The molecular formula is C9H24N2O2. The molecule has 0 atom stereocenters. The van der Waals surface area contributed by atoms with Crippen LogP contribution >= 0.6 is 0 Å². The van der Waals surface area contributed by atoms with Crippen LogP contribution in [-0.2, 0) is 9.47 Å². The Morgan fingerprint density at radius 3 is 1.85 bits per heavy atom. The molecule has 0 bridgehead atoms. The van der Waals surface area contributed by atoms with Gasteiger partial charge in [0, 0.05) is 26.9 Å². The van der Waals surface area contributed by atoms with E-state index in [4.69, 9.17) is 20.9 Å². The molecule has 0 radical (unpaired) electrons. The molecule has 82 valence electrons. The van der Waals surface area contributed by atoms with Crippen molar-refractivity contribution >= 4 is 0 Å². The summed E-state index contributed by atoms with van der Waals surface area (Å²) in [5.41, 5.74) is 10.3. The van der Waals surface area contributed by atoms with E-state index in [1.54, 1.807) is 7.11 Å². The quantitative estimate of drug-likeness (QED) is 0.571. The molecule has 0 heterocycles. The zero-order valence-corrected chi connectivity index (χ0v) is 8.92. The summed E-state index contributed by atoms with van der Waals surface area (Å²) in [6.45, 7) is 5.86. The number of nitrogens with two attached hydrogens (primary N) is 2. The summed E-state index contributed by atoms with van der Waals surface area (Å²) in [5.74, 6) is 0. The normalized spacial score (nSPS) is 9.23. The molecular weight excluding hydrogens is 168 g/mol. The minimum Gasteiger partial charge on any atom is -0.385 e. The maximum absolute atomic E-state index is 5.19. The van der Waals surface area contributed by atoms with E-state index in [-0.39, 0.29) is 0 Å². The fraction of sp³-hybridized carbons (Fsp3) is 1.00. The number of hydrogen-bond acceptors (Lipinski definition) is 4. The van der Waals surface area contributed by atoms with Gasteiger partial charge in [0.1, 0.15) is 0 Å². The molecule has 0 rings (SSSR count). The van der Waals surface area contributed by atoms with Crippen molar-refractivity contribution in [3.05, 3.63) is 0 Å². The van der Waals surface area contributed by atoms with Crippen LogP contribution in [0, 0.1) is 0 Å². The van der Waals surface area contributed by atoms with Crippen molar-refractivity contribution in [2.75, 3.05) is 40.0 Å². The number of ether oxygens (including phenoxy) is 2. The zero-order chi connectivity index (χ0) is 10.4. The van der Waals surface area contributed by atoms with Crippen LogP contribution in [0.1, 0.15) is 19.8 Å². The molecule has 0 amide bonds. The SMILES string of the molecule is CCOCCCN.COCCCN. The van der Waals surface area contributed by atoms with E-state index in [0.29, 0.717) is 0 Å². The van der Waals surface area contributed by atoms with Crippen LogP contribution in [0.5, 0.6) is 0 Å². The fourth-order valence-corrected chi connectivity index (χ4v) is 0.557. The van der Waals surface area contributed by atoms with Crippen LogP contribution in [0.4, 0.5) is 0 Å². The highest BCUT2D eigenvalue weighted by Crippen LogP contribution is 1.76. The average molecular weight is 192 g/mol. The molecule has 0 aliphatic heterocycles. The van der Waals surface area contributed by atoms with E-state index in [9.17, 15) is 0 Å². The summed E-state index contributed by atoms with van der Waals surface area (Å²) < 4.78 is 9.70. The largest absolute Gasteiger partial charge is 0.385 e. The van der Waals surface area contributed by atoms with Crippen LogP contribution < -0.4 is 11.5 Å². The Labute approximate surface area is 81.6 Å². The Morgan fingerprint density at radius 2 is 1.54 bits per heavy atom. The molecule has 0 spiro atoms. The van der Waals surface area contributed by atoms with Gasteiger partial charge >= 0.3 is 0 Å². The van der Waals surface area contributed by atoms with Gasteiger partial charge in [-0.25, -0.2) is 0 Å². The molecule has 4 N–H and O–H groups in total. The Kier molecular flexibility index (Phi) is 21.0. The topological polar surface area (TPSA) is 70.5 Å². The van der Waals surface area contributed by atoms with Crippen molar-refractivity contribution in [1.82, 2.24) is 0 Å². The first-order chi connectivity index (χ1) is 6.33. The predicted molar refractivity (Wildman–Crippen MR) is 55.7 cm³/mol. The highest BCUT2D eigenvalue weighted by atomic mass is 16.5. The van der Waals surface area contributed by atoms with Crippen molar-refractivity contribution < 1.29 is 9.47 Å². The van der Waals surface area contributed by atoms with Gasteiger partial charge in [-0.05, 0) is 32.9 Å². The molecule has 0 aromatic carbocycles. The lowest BCUT2D eigenvalue weighted by Crippen LogP contribution is -2.03. The lowest BCUT2D eigenvalue weighted by Gasteiger charge is -1.94. The summed E-state index contributed by atoms with van der Waals surface area (Å²) >= 11 is 0. The summed E-state index contributed by atoms with van der Waals surface area (Å²) in [7, 11) is 1.68. The van der Waals surface area contributed by atoms with E-state index in [1.807, 2.05) is 6.92 Å². The molecule has 0 fully saturated rings.